The Morgan fingerprint density at radius 2 is 1.79 bits per heavy atom. The number of rotatable bonds is 5. The van der Waals surface area contributed by atoms with E-state index < -0.39 is 4.92 Å². The summed E-state index contributed by atoms with van der Waals surface area (Å²) in [5, 5.41) is 20.0. The van der Waals surface area contributed by atoms with Crippen molar-refractivity contribution in [3.63, 3.8) is 0 Å². The summed E-state index contributed by atoms with van der Waals surface area (Å²) < 4.78 is 2.03. The van der Waals surface area contributed by atoms with E-state index in [0.717, 1.165) is 27.8 Å². The topological polar surface area (TPSA) is 73.8 Å². The van der Waals surface area contributed by atoms with Crippen molar-refractivity contribution in [3.8, 4) is 5.69 Å². The molecule has 1 aromatic heterocycles. The highest BCUT2D eigenvalue weighted by Crippen LogP contribution is 2.27. The maximum Gasteiger partial charge on any atom is 0.269 e. The van der Waals surface area contributed by atoms with E-state index in [-0.39, 0.29) is 5.69 Å². The number of para-hydroxylation sites is 1. The van der Waals surface area contributed by atoms with Gasteiger partial charge in [-0.3, -0.25) is 14.7 Å². The van der Waals surface area contributed by atoms with E-state index in [2.05, 4.69) is 23.2 Å². The predicted molar refractivity (Wildman–Crippen MR) is 93.5 cm³/mol. The number of nitrogens with zero attached hydrogens (tertiary/aromatic N) is 4. The summed E-state index contributed by atoms with van der Waals surface area (Å²) in [6.07, 6.45) is 0. The minimum Gasteiger partial charge on any atom is -0.274 e. The molecule has 122 valence electrons. The average Bonchev–Trinajstić information content (AvgIpc) is 2.94. The Labute approximate surface area is 143 Å². The van der Waals surface area contributed by atoms with Gasteiger partial charge in [-0.15, -0.1) is 10.2 Å². The summed E-state index contributed by atoms with van der Waals surface area (Å²) in [5.74, 6) is 1.50. The average molecular weight is 340 g/mol. The first-order valence-electron chi connectivity index (χ1n) is 7.40. The standard InChI is InChI=1S/C17H16N4O2S/c1-12-5-3-4-6-16(12)20-13(2)18-19-17(20)24-11-14-7-9-15(10-8-14)21(22)23/h3-10H,11H2,1-2H3. The lowest BCUT2D eigenvalue weighted by molar-refractivity contribution is -0.384. The van der Waals surface area contributed by atoms with Crippen LogP contribution in [-0.4, -0.2) is 19.7 Å². The molecule has 0 saturated heterocycles. The van der Waals surface area contributed by atoms with Crippen molar-refractivity contribution in [2.45, 2.75) is 24.8 Å². The van der Waals surface area contributed by atoms with Crippen LogP contribution in [0.4, 0.5) is 5.69 Å². The van der Waals surface area contributed by atoms with Gasteiger partial charge >= 0.3 is 0 Å². The van der Waals surface area contributed by atoms with E-state index in [0.29, 0.717) is 5.75 Å². The Morgan fingerprint density at radius 3 is 2.46 bits per heavy atom. The summed E-state index contributed by atoms with van der Waals surface area (Å²) >= 11 is 1.56. The van der Waals surface area contributed by atoms with E-state index >= 15 is 0 Å². The maximum absolute atomic E-state index is 10.7. The Hall–Kier alpha value is -2.67. The number of aromatic nitrogens is 3. The lowest BCUT2D eigenvalue weighted by Crippen LogP contribution is -2.01. The molecule has 0 unspecified atom stereocenters. The third-order valence-corrected chi connectivity index (χ3v) is 4.67. The molecule has 2 aromatic carbocycles. The fourth-order valence-corrected chi connectivity index (χ4v) is 3.34. The lowest BCUT2D eigenvalue weighted by Gasteiger charge is -2.11. The van der Waals surface area contributed by atoms with Crippen LogP contribution in [0.1, 0.15) is 17.0 Å². The van der Waals surface area contributed by atoms with Gasteiger partial charge in [-0.05, 0) is 31.0 Å². The fraction of sp³-hybridized carbons (Fsp3) is 0.176. The minimum absolute atomic E-state index is 0.0997. The van der Waals surface area contributed by atoms with Gasteiger partial charge in [0.15, 0.2) is 5.16 Å². The number of non-ortho nitro benzene ring substituents is 1. The van der Waals surface area contributed by atoms with Gasteiger partial charge in [0, 0.05) is 17.9 Å². The first kappa shape index (κ1) is 16.2. The molecule has 0 bridgehead atoms. The highest BCUT2D eigenvalue weighted by molar-refractivity contribution is 7.98. The molecule has 3 aromatic rings. The van der Waals surface area contributed by atoms with Gasteiger partial charge in [0.25, 0.3) is 5.69 Å². The summed E-state index contributed by atoms with van der Waals surface area (Å²) in [6, 6.07) is 14.7. The van der Waals surface area contributed by atoms with Crippen LogP contribution in [0.2, 0.25) is 0 Å². The highest BCUT2D eigenvalue weighted by atomic mass is 32.2. The third kappa shape index (κ3) is 3.30. The molecule has 0 radical (unpaired) electrons. The van der Waals surface area contributed by atoms with E-state index in [1.54, 1.807) is 23.9 Å². The quantitative estimate of drug-likeness (QED) is 0.397. The molecule has 6 nitrogen and oxygen atoms in total. The van der Waals surface area contributed by atoms with Crippen molar-refractivity contribution in [2.75, 3.05) is 0 Å². The van der Waals surface area contributed by atoms with Gasteiger partial charge in [-0.25, -0.2) is 0 Å². The smallest absolute Gasteiger partial charge is 0.269 e. The van der Waals surface area contributed by atoms with Crippen molar-refractivity contribution in [3.05, 3.63) is 75.6 Å². The second-order valence-corrected chi connectivity index (χ2v) is 6.31. The normalized spacial score (nSPS) is 10.8. The predicted octanol–water partition coefficient (Wildman–Crippen LogP) is 4.08. The van der Waals surface area contributed by atoms with E-state index in [1.165, 1.54) is 12.1 Å². The van der Waals surface area contributed by atoms with Gasteiger partial charge in [0.1, 0.15) is 5.82 Å². The molecule has 0 saturated carbocycles. The van der Waals surface area contributed by atoms with E-state index in [1.807, 2.05) is 29.7 Å². The monoisotopic (exact) mass is 340 g/mol. The molecule has 24 heavy (non-hydrogen) atoms. The number of benzene rings is 2. The Morgan fingerprint density at radius 1 is 1.08 bits per heavy atom. The molecule has 0 spiro atoms. The largest absolute Gasteiger partial charge is 0.274 e. The van der Waals surface area contributed by atoms with Crippen LogP contribution in [0.25, 0.3) is 5.69 Å². The van der Waals surface area contributed by atoms with Crippen molar-refractivity contribution in [1.82, 2.24) is 14.8 Å². The number of nitro groups is 1. The molecule has 3 rings (SSSR count). The molecule has 0 N–H and O–H groups in total. The molecule has 0 fully saturated rings. The molecule has 0 aliphatic heterocycles. The van der Waals surface area contributed by atoms with Crippen molar-refractivity contribution in [2.24, 2.45) is 0 Å². The summed E-state index contributed by atoms with van der Waals surface area (Å²) in [5.41, 5.74) is 3.31. The molecule has 7 heteroatoms. The van der Waals surface area contributed by atoms with Crippen LogP contribution in [0.15, 0.2) is 53.7 Å². The summed E-state index contributed by atoms with van der Waals surface area (Å²) in [6.45, 7) is 3.98. The highest BCUT2D eigenvalue weighted by Gasteiger charge is 2.13. The van der Waals surface area contributed by atoms with Crippen molar-refractivity contribution < 1.29 is 4.92 Å². The number of thioether (sulfide) groups is 1. The van der Waals surface area contributed by atoms with Gasteiger partial charge < -0.3 is 0 Å². The van der Waals surface area contributed by atoms with Crippen LogP contribution in [0, 0.1) is 24.0 Å². The molecule has 0 aliphatic carbocycles. The van der Waals surface area contributed by atoms with Crippen molar-refractivity contribution in [1.29, 1.82) is 0 Å². The van der Waals surface area contributed by atoms with Crippen LogP contribution in [0.5, 0.6) is 0 Å². The third-order valence-electron chi connectivity index (χ3n) is 3.67. The number of aryl methyl sites for hydroxylation is 2. The summed E-state index contributed by atoms with van der Waals surface area (Å²) in [7, 11) is 0. The van der Waals surface area contributed by atoms with Crippen LogP contribution in [-0.2, 0) is 5.75 Å². The van der Waals surface area contributed by atoms with Gasteiger partial charge in [0.05, 0.1) is 10.6 Å². The molecule has 1 heterocycles. The van der Waals surface area contributed by atoms with Gasteiger partial charge in [-0.1, -0.05) is 42.1 Å². The number of hydrogen-bond acceptors (Lipinski definition) is 5. The van der Waals surface area contributed by atoms with E-state index in [4.69, 9.17) is 0 Å². The zero-order valence-corrected chi connectivity index (χ0v) is 14.2. The van der Waals surface area contributed by atoms with Crippen LogP contribution >= 0.6 is 11.8 Å². The van der Waals surface area contributed by atoms with Crippen molar-refractivity contribution >= 4 is 17.4 Å². The number of hydrogen-bond donors (Lipinski definition) is 0. The zero-order chi connectivity index (χ0) is 17.1. The first-order chi connectivity index (χ1) is 11.6. The Bertz CT molecular complexity index is 875. The van der Waals surface area contributed by atoms with Gasteiger partial charge in [-0.2, -0.15) is 0 Å². The number of nitro benzene ring substituents is 1. The molecular weight excluding hydrogens is 324 g/mol. The van der Waals surface area contributed by atoms with Crippen LogP contribution in [0.3, 0.4) is 0 Å². The lowest BCUT2D eigenvalue weighted by atomic mass is 10.2. The van der Waals surface area contributed by atoms with Crippen LogP contribution < -0.4 is 0 Å². The molecule has 0 atom stereocenters. The maximum atomic E-state index is 10.7. The van der Waals surface area contributed by atoms with Gasteiger partial charge in [0.2, 0.25) is 0 Å². The zero-order valence-electron chi connectivity index (χ0n) is 13.3. The second-order valence-electron chi connectivity index (χ2n) is 5.36. The van der Waals surface area contributed by atoms with E-state index in [9.17, 15) is 10.1 Å². The minimum atomic E-state index is -0.394. The fourth-order valence-electron chi connectivity index (χ4n) is 2.39. The molecule has 0 aliphatic rings. The summed E-state index contributed by atoms with van der Waals surface area (Å²) in [4.78, 5) is 10.3. The second kappa shape index (κ2) is 6.84. The first-order valence-corrected chi connectivity index (χ1v) is 8.39. The Balaban J connectivity index is 1.82. The Kier molecular flexibility index (Phi) is 4.61. The molecular formula is C17H16N4O2S. The molecule has 0 amide bonds. The SMILES string of the molecule is Cc1ccccc1-n1c(C)nnc1SCc1ccc([N+](=O)[O-])cc1.